The van der Waals surface area contributed by atoms with Gasteiger partial charge in [0.1, 0.15) is 0 Å². The Labute approximate surface area is 90.0 Å². The first kappa shape index (κ1) is 12.1. The Hall–Kier alpha value is -0.940. The molecule has 1 rings (SSSR count). The molecule has 0 aromatic carbocycles. The van der Waals surface area contributed by atoms with Gasteiger partial charge in [0, 0.05) is 6.54 Å². The van der Waals surface area contributed by atoms with E-state index in [2.05, 4.69) is 19.2 Å². The Morgan fingerprint density at radius 3 is 2.27 bits per heavy atom. The van der Waals surface area contributed by atoms with E-state index in [1.807, 2.05) is 4.90 Å². The van der Waals surface area contributed by atoms with Gasteiger partial charge in [-0.05, 0) is 18.4 Å². The van der Waals surface area contributed by atoms with Crippen LogP contribution in [-0.2, 0) is 9.59 Å². The van der Waals surface area contributed by atoms with E-state index in [9.17, 15) is 9.59 Å². The van der Waals surface area contributed by atoms with Crippen molar-refractivity contribution in [2.24, 2.45) is 17.6 Å². The topological polar surface area (TPSA) is 75.4 Å². The SMILES string of the molecule is CC(C)C(CN)CN1CC(=O)NC(=O)C1. The largest absolute Gasteiger partial charge is 0.330 e. The van der Waals surface area contributed by atoms with Gasteiger partial charge >= 0.3 is 0 Å². The number of imide groups is 1. The normalized spacial score (nSPS) is 20.5. The van der Waals surface area contributed by atoms with E-state index in [4.69, 9.17) is 5.73 Å². The number of hydrogen-bond donors (Lipinski definition) is 2. The molecule has 1 aliphatic rings. The summed E-state index contributed by atoms with van der Waals surface area (Å²) in [6.07, 6.45) is 0. The summed E-state index contributed by atoms with van der Waals surface area (Å²) in [5, 5.41) is 2.28. The molecule has 1 fully saturated rings. The predicted molar refractivity (Wildman–Crippen MR) is 57.0 cm³/mol. The number of hydrogen-bond acceptors (Lipinski definition) is 4. The summed E-state index contributed by atoms with van der Waals surface area (Å²) < 4.78 is 0. The van der Waals surface area contributed by atoms with Crippen LogP contribution in [-0.4, -0.2) is 42.9 Å². The summed E-state index contributed by atoms with van der Waals surface area (Å²) in [6.45, 7) is 6.11. The van der Waals surface area contributed by atoms with Gasteiger partial charge in [-0.15, -0.1) is 0 Å². The second-order valence-electron chi connectivity index (χ2n) is 4.38. The van der Waals surface area contributed by atoms with E-state index in [-0.39, 0.29) is 11.8 Å². The number of nitrogens with zero attached hydrogens (tertiary/aromatic N) is 1. The number of carbonyl (C=O) groups excluding carboxylic acids is 2. The van der Waals surface area contributed by atoms with Crippen molar-refractivity contribution in [1.29, 1.82) is 0 Å². The van der Waals surface area contributed by atoms with Crippen molar-refractivity contribution in [3.05, 3.63) is 0 Å². The van der Waals surface area contributed by atoms with E-state index >= 15 is 0 Å². The van der Waals surface area contributed by atoms with Crippen molar-refractivity contribution in [2.45, 2.75) is 13.8 Å². The van der Waals surface area contributed by atoms with Gasteiger partial charge in [0.15, 0.2) is 0 Å². The molecule has 0 spiro atoms. The molecule has 0 bridgehead atoms. The van der Waals surface area contributed by atoms with Gasteiger partial charge in [-0.25, -0.2) is 0 Å². The van der Waals surface area contributed by atoms with Crippen LogP contribution in [0, 0.1) is 11.8 Å². The molecule has 2 amide bonds. The summed E-state index contributed by atoms with van der Waals surface area (Å²) in [5.74, 6) is 0.371. The molecule has 15 heavy (non-hydrogen) atoms. The molecule has 5 heteroatoms. The van der Waals surface area contributed by atoms with Gasteiger partial charge in [0.2, 0.25) is 11.8 Å². The van der Waals surface area contributed by atoms with Gasteiger partial charge in [-0.2, -0.15) is 0 Å². The minimum atomic E-state index is -0.217. The molecule has 1 heterocycles. The van der Waals surface area contributed by atoms with Gasteiger partial charge < -0.3 is 5.73 Å². The fourth-order valence-electron chi connectivity index (χ4n) is 1.71. The van der Waals surface area contributed by atoms with Crippen molar-refractivity contribution >= 4 is 11.8 Å². The van der Waals surface area contributed by atoms with Gasteiger partial charge in [0.25, 0.3) is 0 Å². The first-order valence-electron chi connectivity index (χ1n) is 5.28. The quantitative estimate of drug-likeness (QED) is 0.598. The summed E-state index contributed by atoms with van der Waals surface area (Å²) in [5.41, 5.74) is 5.65. The molecular formula is C10H19N3O2. The molecule has 1 aliphatic heterocycles. The van der Waals surface area contributed by atoms with E-state index in [1.54, 1.807) is 0 Å². The van der Waals surface area contributed by atoms with Crippen molar-refractivity contribution in [1.82, 2.24) is 10.2 Å². The summed E-state index contributed by atoms with van der Waals surface area (Å²) in [7, 11) is 0. The van der Waals surface area contributed by atoms with E-state index in [0.717, 1.165) is 0 Å². The van der Waals surface area contributed by atoms with Crippen LogP contribution in [0.2, 0.25) is 0 Å². The molecule has 0 aromatic rings. The molecule has 0 aromatic heterocycles. The average molecular weight is 213 g/mol. The Morgan fingerprint density at radius 2 is 1.87 bits per heavy atom. The van der Waals surface area contributed by atoms with Crippen LogP contribution in [0.5, 0.6) is 0 Å². The smallest absolute Gasteiger partial charge is 0.240 e. The number of rotatable bonds is 4. The lowest BCUT2D eigenvalue weighted by Crippen LogP contribution is -2.53. The maximum atomic E-state index is 11.1. The monoisotopic (exact) mass is 213 g/mol. The molecule has 3 N–H and O–H groups in total. The number of piperazine rings is 1. The maximum absolute atomic E-state index is 11.1. The van der Waals surface area contributed by atoms with E-state index < -0.39 is 0 Å². The molecule has 5 nitrogen and oxygen atoms in total. The van der Waals surface area contributed by atoms with Crippen LogP contribution in [0.1, 0.15) is 13.8 Å². The third-order valence-corrected chi connectivity index (χ3v) is 2.75. The van der Waals surface area contributed by atoms with Crippen LogP contribution >= 0.6 is 0 Å². The van der Waals surface area contributed by atoms with Crippen LogP contribution in [0.15, 0.2) is 0 Å². The second kappa shape index (κ2) is 5.23. The Bertz CT molecular complexity index is 237. The highest BCUT2D eigenvalue weighted by Gasteiger charge is 2.25. The molecule has 1 atom stereocenters. The first-order valence-corrected chi connectivity index (χ1v) is 5.28. The highest BCUT2D eigenvalue weighted by Crippen LogP contribution is 2.11. The molecule has 1 saturated heterocycles. The maximum Gasteiger partial charge on any atom is 0.240 e. The fourth-order valence-corrected chi connectivity index (χ4v) is 1.71. The Balaban J connectivity index is 2.49. The number of nitrogens with one attached hydrogen (secondary N) is 1. The minimum Gasteiger partial charge on any atom is -0.330 e. The molecule has 0 saturated carbocycles. The highest BCUT2D eigenvalue weighted by atomic mass is 16.2. The predicted octanol–water partition coefficient (Wildman–Crippen LogP) is -0.824. The van der Waals surface area contributed by atoms with Crippen LogP contribution in [0.25, 0.3) is 0 Å². The highest BCUT2D eigenvalue weighted by molar-refractivity contribution is 5.99. The van der Waals surface area contributed by atoms with Gasteiger partial charge in [-0.3, -0.25) is 19.8 Å². The lowest BCUT2D eigenvalue weighted by molar-refractivity contribution is -0.136. The van der Waals surface area contributed by atoms with Crippen molar-refractivity contribution < 1.29 is 9.59 Å². The van der Waals surface area contributed by atoms with Crippen LogP contribution in [0.4, 0.5) is 0 Å². The number of amides is 2. The Morgan fingerprint density at radius 1 is 1.33 bits per heavy atom. The lowest BCUT2D eigenvalue weighted by Gasteiger charge is -2.30. The van der Waals surface area contributed by atoms with E-state index in [1.165, 1.54) is 0 Å². The minimum absolute atomic E-state index is 0.217. The first-order chi connectivity index (χ1) is 7.02. The zero-order chi connectivity index (χ0) is 11.4. The average Bonchev–Trinajstić information content (AvgIpc) is 2.12. The zero-order valence-corrected chi connectivity index (χ0v) is 9.32. The molecule has 1 unspecified atom stereocenters. The Kier molecular flexibility index (Phi) is 4.23. The molecule has 0 aliphatic carbocycles. The third-order valence-electron chi connectivity index (χ3n) is 2.75. The lowest BCUT2D eigenvalue weighted by atomic mass is 9.95. The van der Waals surface area contributed by atoms with Gasteiger partial charge in [0.05, 0.1) is 13.1 Å². The second-order valence-corrected chi connectivity index (χ2v) is 4.38. The number of carbonyl (C=O) groups is 2. The summed E-state index contributed by atoms with van der Waals surface area (Å²) in [6, 6.07) is 0. The van der Waals surface area contributed by atoms with Gasteiger partial charge in [-0.1, -0.05) is 13.8 Å². The van der Waals surface area contributed by atoms with Crippen molar-refractivity contribution in [2.75, 3.05) is 26.2 Å². The third kappa shape index (κ3) is 3.60. The summed E-state index contributed by atoms with van der Waals surface area (Å²) >= 11 is 0. The molecular weight excluding hydrogens is 194 g/mol. The zero-order valence-electron chi connectivity index (χ0n) is 9.32. The molecule has 0 radical (unpaired) electrons. The fraction of sp³-hybridized carbons (Fsp3) is 0.800. The molecule has 86 valence electrons. The number of nitrogens with two attached hydrogens (primary N) is 1. The van der Waals surface area contributed by atoms with Crippen LogP contribution < -0.4 is 11.1 Å². The van der Waals surface area contributed by atoms with Crippen molar-refractivity contribution in [3.8, 4) is 0 Å². The standard InChI is InChI=1S/C10H19N3O2/c1-7(2)8(3-11)4-13-5-9(14)12-10(15)6-13/h7-8H,3-6,11H2,1-2H3,(H,12,14,15). The van der Waals surface area contributed by atoms with Crippen LogP contribution in [0.3, 0.4) is 0 Å². The summed E-state index contributed by atoms with van der Waals surface area (Å²) in [4.78, 5) is 24.1. The van der Waals surface area contributed by atoms with E-state index in [0.29, 0.717) is 38.0 Å². The van der Waals surface area contributed by atoms with Crippen molar-refractivity contribution in [3.63, 3.8) is 0 Å².